The molecule has 0 spiro atoms. The highest BCUT2D eigenvalue weighted by Crippen LogP contribution is 2.33. The molecule has 1 unspecified atom stereocenters. The van der Waals surface area contributed by atoms with Crippen LogP contribution in [0.2, 0.25) is 0 Å². The van der Waals surface area contributed by atoms with Crippen molar-refractivity contribution in [2.75, 3.05) is 12.4 Å². The third-order valence-electron chi connectivity index (χ3n) is 3.57. The van der Waals surface area contributed by atoms with E-state index in [2.05, 4.69) is 9.72 Å². The van der Waals surface area contributed by atoms with Crippen LogP contribution in [0, 0.1) is 6.92 Å². The second kappa shape index (κ2) is 7.42. The number of benzene rings is 1. The number of nitrogens with one attached hydrogen (secondary N) is 2. The first kappa shape index (κ1) is 19.2. The summed E-state index contributed by atoms with van der Waals surface area (Å²) in [5, 5.41) is 3.73. The van der Waals surface area contributed by atoms with Gasteiger partial charge in [-0.3, -0.25) is 4.79 Å². The minimum Gasteiger partial charge on any atom is -0.466 e. The van der Waals surface area contributed by atoms with Crippen molar-refractivity contribution in [2.24, 2.45) is 0 Å². The molecule has 1 atom stereocenters. The summed E-state index contributed by atoms with van der Waals surface area (Å²) in [4.78, 5) is 28.2. The number of ether oxygens (including phenoxy) is 1. The molecule has 0 fully saturated rings. The summed E-state index contributed by atoms with van der Waals surface area (Å²) in [6.07, 6.45) is -3.96. The van der Waals surface area contributed by atoms with Crippen LogP contribution in [0.15, 0.2) is 48.7 Å². The van der Waals surface area contributed by atoms with E-state index in [9.17, 15) is 22.8 Å². The van der Waals surface area contributed by atoms with Gasteiger partial charge in [0.2, 0.25) is 0 Å². The van der Waals surface area contributed by atoms with Crippen molar-refractivity contribution in [2.45, 2.75) is 18.8 Å². The Kier molecular flexibility index (Phi) is 5.49. The van der Waals surface area contributed by atoms with Crippen LogP contribution in [0.25, 0.3) is 0 Å². The number of halogens is 3. The highest BCUT2D eigenvalue weighted by molar-refractivity contribution is 5.99. The van der Waals surface area contributed by atoms with Crippen LogP contribution in [0.3, 0.4) is 0 Å². The number of nitrogens with zero attached hydrogens (tertiary/aromatic N) is 1. The maximum Gasteiger partial charge on any atom is 0.441 e. The number of carbonyl (C=O) groups excluding carboxylic acids is 2. The van der Waals surface area contributed by atoms with E-state index in [0.717, 1.165) is 7.11 Å². The zero-order valence-electron chi connectivity index (χ0n) is 13.9. The summed E-state index contributed by atoms with van der Waals surface area (Å²) in [6.45, 7) is 1.51. The number of amides is 1. The zero-order chi connectivity index (χ0) is 19.4. The lowest BCUT2D eigenvalue weighted by Gasteiger charge is -2.35. The second-order valence-corrected chi connectivity index (χ2v) is 5.35. The van der Waals surface area contributed by atoms with Gasteiger partial charge in [-0.2, -0.15) is 13.2 Å². The van der Waals surface area contributed by atoms with Crippen LogP contribution >= 0.6 is 0 Å². The van der Waals surface area contributed by atoms with E-state index in [4.69, 9.17) is 0 Å². The number of pyridine rings is 1. The van der Waals surface area contributed by atoms with E-state index in [-0.39, 0.29) is 11.4 Å². The molecule has 0 aliphatic heterocycles. The first-order valence-corrected chi connectivity index (χ1v) is 7.44. The molecule has 9 heteroatoms. The van der Waals surface area contributed by atoms with Gasteiger partial charge in [-0.15, -0.1) is 0 Å². The maximum atomic E-state index is 13.9. The molecular weight excluding hydrogens is 351 g/mol. The number of rotatable bonds is 5. The van der Waals surface area contributed by atoms with E-state index in [1.807, 2.05) is 5.32 Å². The molecule has 0 saturated heterocycles. The number of anilines is 1. The van der Waals surface area contributed by atoms with Crippen LogP contribution in [0.5, 0.6) is 0 Å². The fourth-order valence-corrected chi connectivity index (χ4v) is 2.17. The van der Waals surface area contributed by atoms with Gasteiger partial charge in [0.15, 0.2) is 0 Å². The van der Waals surface area contributed by atoms with E-state index in [0.29, 0.717) is 5.56 Å². The molecule has 6 nitrogen and oxygen atoms in total. The van der Waals surface area contributed by atoms with Crippen LogP contribution in [0.1, 0.15) is 15.9 Å². The number of alkyl halides is 3. The van der Waals surface area contributed by atoms with Gasteiger partial charge in [-0.05, 0) is 30.7 Å². The van der Waals surface area contributed by atoms with E-state index in [1.54, 1.807) is 11.4 Å². The second-order valence-electron chi connectivity index (χ2n) is 5.35. The monoisotopic (exact) mass is 367 g/mol. The Balaban J connectivity index is 2.51. The molecule has 1 heterocycles. The van der Waals surface area contributed by atoms with Gasteiger partial charge in [-0.25, -0.2) is 9.78 Å². The average Bonchev–Trinajstić information content (AvgIpc) is 2.61. The molecule has 0 bridgehead atoms. The number of hydrogen-bond acceptors (Lipinski definition) is 5. The predicted molar refractivity (Wildman–Crippen MR) is 87.3 cm³/mol. The van der Waals surface area contributed by atoms with Crippen molar-refractivity contribution in [1.82, 2.24) is 10.3 Å². The van der Waals surface area contributed by atoms with Crippen molar-refractivity contribution in [3.05, 3.63) is 59.8 Å². The topological polar surface area (TPSA) is 80.3 Å². The quantitative estimate of drug-likeness (QED) is 0.627. The first-order valence-electron chi connectivity index (χ1n) is 7.44. The summed E-state index contributed by atoms with van der Waals surface area (Å²) >= 11 is 0. The predicted octanol–water partition coefficient (Wildman–Crippen LogP) is 2.66. The molecule has 1 aromatic carbocycles. The Morgan fingerprint density at radius 3 is 2.27 bits per heavy atom. The molecular formula is C17H16F3N3O3. The van der Waals surface area contributed by atoms with Crippen molar-refractivity contribution in [3.8, 4) is 0 Å². The molecule has 0 aliphatic carbocycles. The number of aromatic nitrogens is 1. The molecule has 2 rings (SSSR count). The largest absolute Gasteiger partial charge is 0.466 e. The fraction of sp³-hybridized carbons (Fsp3) is 0.235. The van der Waals surface area contributed by atoms with Gasteiger partial charge in [-0.1, -0.05) is 24.3 Å². The third kappa shape index (κ3) is 3.76. The number of carbonyl (C=O) groups is 2. The summed E-state index contributed by atoms with van der Waals surface area (Å²) in [6, 6.07) is 10.2. The first-order chi connectivity index (χ1) is 12.2. The normalized spacial score (nSPS) is 13.4. The van der Waals surface area contributed by atoms with Gasteiger partial charge in [0.1, 0.15) is 5.82 Å². The lowest BCUT2D eigenvalue weighted by atomic mass is 10.1. The third-order valence-corrected chi connectivity index (χ3v) is 3.57. The van der Waals surface area contributed by atoms with Crippen LogP contribution < -0.4 is 10.6 Å². The van der Waals surface area contributed by atoms with Crippen LogP contribution in [-0.2, 0) is 9.53 Å². The smallest absolute Gasteiger partial charge is 0.441 e. The summed E-state index contributed by atoms with van der Waals surface area (Å²) in [7, 11) is 0.796. The minimum absolute atomic E-state index is 0.0513. The molecule has 2 aromatic rings. The van der Waals surface area contributed by atoms with Crippen LogP contribution in [0.4, 0.5) is 19.0 Å². The van der Waals surface area contributed by atoms with Crippen molar-refractivity contribution in [3.63, 3.8) is 0 Å². The number of methoxy groups -OCH3 is 1. The lowest BCUT2D eigenvalue weighted by Crippen LogP contribution is -2.69. The Hall–Kier alpha value is -3.10. The zero-order valence-corrected chi connectivity index (χ0v) is 13.9. The van der Waals surface area contributed by atoms with Crippen molar-refractivity contribution < 1.29 is 27.5 Å². The Labute approximate surface area is 147 Å². The Morgan fingerprint density at radius 1 is 1.08 bits per heavy atom. The molecule has 26 heavy (non-hydrogen) atoms. The molecule has 138 valence electrons. The highest BCUT2D eigenvalue weighted by Gasteiger charge is 2.63. The van der Waals surface area contributed by atoms with Crippen molar-refractivity contribution in [1.29, 1.82) is 0 Å². The fourth-order valence-electron chi connectivity index (χ4n) is 2.17. The van der Waals surface area contributed by atoms with Crippen molar-refractivity contribution >= 4 is 17.7 Å². The number of aryl methyl sites for hydroxylation is 1. The van der Waals surface area contributed by atoms with E-state index < -0.39 is 23.7 Å². The highest BCUT2D eigenvalue weighted by atomic mass is 19.4. The molecule has 0 aliphatic rings. The Morgan fingerprint density at radius 2 is 1.73 bits per heavy atom. The van der Waals surface area contributed by atoms with Gasteiger partial charge in [0, 0.05) is 11.8 Å². The Bertz CT molecular complexity index is 797. The van der Waals surface area contributed by atoms with Gasteiger partial charge >= 0.3 is 17.8 Å². The van der Waals surface area contributed by atoms with Gasteiger partial charge < -0.3 is 15.4 Å². The maximum absolute atomic E-state index is 13.9. The summed E-state index contributed by atoms with van der Waals surface area (Å²) < 4.78 is 46.0. The standard InChI is InChI=1S/C17H16F3N3O3/c1-11-7-6-10-21-13(11)22-16(15(25)26-2,17(18,19)20)23-14(24)12-8-4-3-5-9-12/h3-10H,1-2H3,(H,21,22)(H,23,24). The van der Waals surface area contributed by atoms with Gasteiger partial charge in [0.25, 0.3) is 5.91 Å². The molecule has 0 radical (unpaired) electrons. The minimum atomic E-state index is -5.21. The van der Waals surface area contributed by atoms with Crippen LogP contribution in [-0.4, -0.2) is 35.8 Å². The average molecular weight is 367 g/mol. The summed E-state index contributed by atoms with van der Waals surface area (Å²) in [5.41, 5.74) is -3.21. The molecule has 1 amide bonds. The lowest BCUT2D eigenvalue weighted by molar-refractivity contribution is -0.203. The van der Waals surface area contributed by atoms with E-state index >= 15 is 0 Å². The summed E-state index contributed by atoms with van der Waals surface area (Å²) in [5.74, 6) is -3.04. The van der Waals surface area contributed by atoms with E-state index in [1.165, 1.54) is 49.5 Å². The number of esters is 1. The number of hydrogen-bond donors (Lipinski definition) is 2. The van der Waals surface area contributed by atoms with Gasteiger partial charge in [0.05, 0.1) is 7.11 Å². The molecule has 0 saturated carbocycles. The molecule has 1 aromatic heterocycles. The molecule has 2 N–H and O–H groups in total. The SMILES string of the molecule is COC(=O)C(NC(=O)c1ccccc1)(Nc1ncccc1C)C(F)(F)F.